The third kappa shape index (κ3) is 5.80. The molecule has 2 heterocycles. The lowest BCUT2D eigenvalue weighted by Gasteiger charge is -2.26. The van der Waals surface area contributed by atoms with E-state index in [-0.39, 0.29) is 0 Å². The second kappa shape index (κ2) is 13.8. The number of hydrogen-bond acceptors (Lipinski definition) is 2. The molecule has 0 spiro atoms. The van der Waals surface area contributed by atoms with E-state index in [0.29, 0.717) is 0 Å². The second-order valence-corrected chi connectivity index (χ2v) is 15.6. The first kappa shape index (κ1) is 33.2. The molecule has 0 fully saturated rings. The van der Waals surface area contributed by atoms with E-state index >= 15 is 0 Å². The monoisotopic (exact) mass is 744 g/mol. The van der Waals surface area contributed by atoms with Crippen molar-refractivity contribution in [1.29, 1.82) is 0 Å². The summed E-state index contributed by atoms with van der Waals surface area (Å²) in [5.41, 5.74) is 14.1. The largest absolute Gasteiger partial charge is 0.310 e. The SMILES string of the molecule is c1ccc(-c2ccc(N(c3ccc(-c4ccccc4-n4c5ccccc5c5ccc(-c6ccccc6)cc54)cc3)c3ccc4sc5ccccc5c4c3)cc2)cc1. The van der Waals surface area contributed by atoms with E-state index in [1.165, 1.54) is 69.8 Å². The van der Waals surface area contributed by atoms with Gasteiger partial charge in [0.05, 0.1) is 16.7 Å². The minimum atomic E-state index is 1.10. The molecular formula is C54H36N2S. The summed E-state index contributed by atoms with van der Waals surface area (Å²) in [6, 6.07) is 79.4. The molecule has 0 bridgehead atoms. The Hall–Kier alpha value is -7.20. The van der Waals surface area contributed by atoms with Crippen LogP contribution in [0.3, 0.4) is 0 Å². The third-order valence-corrected chi connectivity index (χ3v) is 12.4. The maximum atomic E-state index is 2.45. The summed E-state index contributed by atoms with van der Waals surface area (Å²) in [6.45, 7) is 0. The van der Waals surface area contributed by atoms with Gasteiger partial charge in [-0.05, 0) is 94.5 Å². The topological polar surface area (TPSA) is 8.17 Å². The normalized spacial score (nSPS) is 11.5. The van der Waals surface area contributed by atoms with E-state index in [4.69, 9.17) is 0 Å². The van der Waals surface area contributed by atoms with Crippen LogP contribution in [0.1, 0.15) is 0 Å². The van der Waals surface area contributed by atoms with E-state index in [9.17, 15) is 0 Å². The molecule has 0 aliphatic carbocycles. The molecule has 0 atom stereocenters. The summed E-state index contributed by atoms with van der Waals surface area (Å²) < 4.78 is 5.06. The number of anilines is 3. The van der Waals surface area contributed by atoms with Crippen LogP contribution in [0.15, 0.2) is 218 Å². The van der Waals surface area contributed by atoms with Gasteiger partial charge in [-0.3, -0.25) is 0 Å². The van der Waals surface area contributed by atoms with Gasteiger partial charge < -0.3 is 9.47 Å². The molecule has 0 amide bonds. The lowest BCUT2D eigenvalue weighted by molar-refractivity contribution is 1.18. The number of rotatable bonds is 7. The van der Waals surface area contributed by atoms with Crippen molar-refractivity contribution >= 4 is 70.4 Å². The van der Waals surface area contributed by atoms with E-state index < -0.39 is 0 Å². The van der Waals surface area contributed by atoms with Gasteiger partial charge in [-0.25, -0.2) is 0 Å². The molecule has 9 aromatic carbocycles. The van der Waals surface area contributed by atoms with Crippen molar-refractivity contribution in [3.05, 3.63) is 218 Å². The number of benzene rings is 9. The molecule has 0 aliphatic rings. The molecule has 0 saturated carbocycles. The van der Waals surface area contributed by atoms with Crippen LogP contribution in [0.2, 0.25) is 0 Å². The van der Waals surface area contributed by atoms with Crippen LogP contribution in [-0.2, 0) is 0 Å². The highest BCUT2D eigenvalue weighted by Crippen LogP contribution is 2.43. The van der Waals surface area contributed by atoms with E-state index in [1.54, 1.807) is 0 Å². The van der Waals surface area contributed by atoms with Gasteiger partial charge in [0.25, 0.3) is 0 Å². The van der Waals surface area contributed by atoms with E-state index in [2.05, 4.69) is 228 Å². The molecule has 3 heteroatoms. The third-order valence-electron chi connectivity index (χ3n) is 11.2. The van der Waals surface area contributed by atoms with Gasteiger partial charge >= 0.3 is 0 Å². The van der Waals surface area contributed by atoms with Gasteiger partial charge in [-0.15, -0.1) is 11.3 Å². The molecule has 0 N–H and O–H groups in total. The van der Waals surface area contributed by atoms with E-state index in [0.717, 1.165) is 28.3 Å². The average Bonchev–Trinajstić information content (AvgIpc) is 3.83. The molecule has 0 aliphatic heterocycles. The Bertz CT molecular complexity index is 3210. The Balaban J connectivity index is 1.04. The van der Waals surface area contributed by atoms with Crippen LogP contribution in [-0.4, -0.2) is 4.57 Å². The fourth-order valence-corrected chi connectivity index (χ4v) is 9.56. The first-order valence-electron chi connectivity index (χ1n) is 19.4. The highest BCUT2D eigenvalue weighted by Gasteiger charge is 2.19. The van der Waals surface area contributed by atoms with Gasteiger partial charge in [0.2, 0.25) is 0 Å². The average molecular weight is 745 g/mol. The summed E-state index contributed by atoms with van der Waals surface area (Å²) >= 11 is 1.85. The van der Waals surface area contributed by atoms with Crippen molar-refractivity contribution in [3.8, 4) is 39.1 Å². The van der Waals surface area contributed by atoms with Crippen molar-refractivity contribution in [2.45, 2.75) is 0 Å². The van der Waals surface area contributed by atoms with Crippen LogP contribution in [0.25, 0.3) is 81.0 Å². The van der Waals surface area contributed by atoms with Crippen molar-refractivity contribution in [2.75, 3.05) is 4.90 Å². The summed E-state index contributed by atoms with van der Waals surface area (Å²) in [6.07, 6.45) is 0. The zero-order valence-electron chi connectivity index (χ0n) is 31.1. The lowest BCUT2D eigenvalue weighted by Crippen LogP contribution is -2.09. The molecule has 11 rings (SSSR count). The zero-order valence-corrected chi connectivity index (χ0v) is 31.9. The Morgan fingerprint density at radius 2 is 0.842 bits per heavy atom. The lowest BCUT2D eigenvalue weighted by atomic mass is 10.0. The van der Waals surface area contributed by atoms with Gasteiger partial charge in [-0.1, -0.05) is 152 Å². The van der Waals surface area contributed by atoms with Gasteiger partial charge in [0, 0.05) is 53.6 Å². The predicted molar refractivity (Wildman–Crippen MR) is 245 cm³/mol. The highest BCUT2D eigenvalue weighted by molar-refractivity contribution is 7.25. The van der Waals surface area contributed by atoms with Crippen LogP contribution >= 0.6 is 11.3 Å². The minimum absolute atomic E-state index is 1.10. The number of aromatic nitrogens is 1. The Morgan fingerprint density at radius 1 is 0.316 bits per heavy atom. The summed E-state index contributed by atoms with van der Waals surface area (Å²) in [5, 5.41) is 5.08. The molecular weight excluding hydrogens is 709 g/mol. The maximum absolute atomic E-state index is 2.45. The number of para-hydroxylation sites is 2. The summed E-state index contributed by atoms with van der Waals surface area (Å²) in [5.74, 6) is 0. The van der Waals surface area contributed by atoms with Crippen LogP contribution in [0.4, 0.5) is 17.1 Å². The number of hydrogen-bond donors (Lipinski definition) is 0. The molecule has 2 nitrogen and oxygen atoms in total. The molecule has 0 saturated heterocycles. The van der Waals surface area contributed by atoms with E-state index in [1.807, 2.05) is 11.3 Å². The second-order valence-electron chi connectivity index (χ2n) is 14.5. The molecule has 0 radical (unpaired) electrons. The Morgan fingerprint density at radius 3 is 1.60 bits per heavy atom. The smallest absolute Gasteiger partial charge is 0.0547 e. The van der Waals surface area contributed by atoms with Gasteiger partial charge in [0.1, 0.15) is 0 Å². The number of thiophene rings is 1. The first-order chi connectivity index (χ1) is 28.3. The fraction of sp³-hybridized carbons (Fsp3) is 0. The van der Waals surface area contributed by atoms with Crippen LogP contribution in [0, 0.1) is 0 Å². The Labute approximate surface area is 335 Å². The molecule has 0 unspecified atom stereocenters. The predicted octanol–water partition coefficient (Wildman–Crippen LogP) is 15.6. The first-order valence-corrected chi connectivity index (χ1v) is 20.2. The van der Waals surface area contributed by atoms with Crippen molar-refractivity contribution < 1.29 is 0 Å². The maximum Gasteiger partial charge on any atom is 0.0547 e. The summed E-state index contributed by atoms with van der Waals surface area (Å²) in [4.78, 5) is 2.38. The molecule has 2 aromatic heterocycles. The molecule has 11 aromatic rings. The highest BCUT2D eigenvalue weighted by atomic mass is 32.1. The van der Waals surface area contributed by atoms with Gasteiger partial charge in [-0.2, -0.15) is 0 Å². The van der Waals surface area contributed by atoms with Crippen molar-refractivity contribution in [1.82, 2.24) is 4.57 Å². The number of fused-ring (bicyclic) bond motifs is 6. The van der Waals surface area contributed by atoms with Crippen molar-refractivity contribution in [2.24, 2.45) is 0 Å². The fourth-order valence-electron chi connectivity index (χ4n) is 8.48. The Kier molecular flexibility index (Phi) is 8.04. The van der Waals surface area contributed by atoms with Crippen LogP contribution in [0.5, 0.6) is 0 Å². The van der Waals surface area contributed by atoms with Crippen molar-refractivity contribution in [3.63, 3.8) is 0 Å². The van der Waals surface area contributed by atoms with Gasteiger partial charge in [0.15, 0.2) is 0 Å². The summed E-state index contributed by atoms with van der Waals surface area (Å²) in [7, 11) is 0. The molecule has 268 valence electrons. The van der Waals surface area contributed by atoms with Crippen LogP contribution < -0.4 is 4.90 Å². The quantitative estimate of drug-likeness (QED) is 0.158. The molecule has 57 heavy (non-hydrogen) atoms. The standard InChI is InChI=1S/C54H36N2S/c1-3-13-37(14-4-1)39-23-28-42(29-24-39)55(44-32-34-54-49(36-44)48-19-9-12-22-53(48)57-54)43-30-25-40(26-31-43)45-17-7-10-20-50(45)56-51-21-11-8-18-46(51)47-33-27-41(35-52(47)56)38-15-5-2-6-16-38/h1-36H. The number of nitrogens with zero attached hydrogens (tertiary/aromatic N) is 2. The zero-order chi connectivity index (χ0) is 37.7. The minimum Gasteiger partial charge on any atom is -0.310 e.